The van der Waals surface area contributed by atoms with Crippen LogP contribution in [0.2, 0.25) is 0 Å². The topological polar surface area (TPSA) is 40.5 Å². The third-order valence-electron chi connectivity index (χ3n) is 6.31. The Morgan fingerprint density at radius 1 is 1.19 bits per heavy atom. The van der Waals surface area contributed by atoms with Crippen molar-refractivity contribution in [2.75, 3.05) is 13.6 Å². The van der Waals surface area contributed by atoms with E-state index < -0.39 is 0 Å². The van der Waals surface area contributed by atoms with Gasteiger partial charge in [-0.25, -0.2) is 0 Å². The van der Waals surface area contributed by atoms with E-state index in [0.717, 1.165) is 25.2 Å². The summed E-state index contributed by atoms with van der Waals surface area (Å²) in [5.74, 6) is 1.11. The van der Waals surface area contributed by atoms with Crippen molar-refractivity contribution in [1.82, 2.24) is 4.90 Å². The summed E-state index contributed by atoms with van der Waals surface area (Å²) < 4.78 is 0. The summed E-state index contributed by atoms with van der Waals surface area (Å²) in [5.41, 5.74) is 0.667. The van der Waals surface area contributed by atoms with Gasteiger partial charge in [-0.3, -0.25) is 4.79 Å². The lowest BCUT2D eigenvalue weighted by molar-refractivity contribution is -0.178. The maximum Gasteiger partial charge on any atom is 0.228 e. The van der Waals surface area contributed by atoms with E-state index in [2.05, 4.69) is 13.8 Å². The first-order valence-corrected chi connectivity index (χ1v) is 8.59. The van der Waals surface area contributed by atoms with E-state index in [1.807, 2.05) is 11.9 Å². The predicted molar refractivity (Wildman–Crippen MR) is 83.8 cm³/mol. The molecule has 0 heterocycles. The molecule has 1 amide bonds. The first-order chi connectivity index (χ1) is 9.65. The van der Waals surface area contributed by atoms with Crippen molar-refractivity contribution in [3.8, 4) is 0 Å². The van der Waals surface area contributed by atoms with Gasteiger partial charge in [0.25, 0.3) is 0 Å². The maximum absolute atomic E-state index is 13.1. The van der Waals surface area contributed by atoms with Gasteiger partial charge in [0.1, 0.15) is 0 Å². The summed E-state index contributed by atoms with van der Waals surface area (Å²) in [4.78, 5) is 15.0. The minimum absolute atomic E-state index is 0.101. The van der Waals surface area contributed by atoms with Crippen LogP contribution in [0.25, 0.3) is 0 Å². The fraction of sp³-hybridized carbons (Fsp3) is 0.944. The van der Waals surface area contributed by atoms with Crippen molar-refractivity contribution in [2.24, 2.45) is 22.2 Å². The molecule has 4 aliphatic carbocycles. The second-order valence-corrected chi connectivity index (χ2v) is 9.27. The maximum atomic E-state index is 13.1. The minimum atomic E-state index is -0.327. The fourth-order valence-electron chi connectivity index (χ4n) is 6.57. The Morgan fingerprint density at radius 3 is 2.24 bits per heavy atom. The standard InChI is InChI=1S/C18H31NO2/c1-13(20)5-6-19(4)15(21)18-9-14-7-16(2,11-18)10-17(3,8-14)12-18/h13-14,20H,5-12H2,1-4H3. The monoisotopic (exact) mass is 293 g/mol. The molecule has 4 saturated carbocycles. The molecule has 1 N–H and O–H groups in total. The molecule has 0 saturated heterocycles. The van der Waals surface area contributed by atoms with E-state index in [-0.39, 0.29) is 11.5 Å². The molecule has 4 aliphatic rings. The lowest BCUT2D eigenvalue weighted by Gasteiger charge is -2.65. The van der Waals surface area contributed by atoms with Gasteiger partial charge in [-0.2, -0.15) is 0 Å². The van der Waals surface area contributed by atoms with Crippen molar-refractivity contribution in [3.05, 3.63) is 0 Å². The van der Waals surface area contributed by atoms with Gasteiger partial charge in [-0.1, -0.05) is 13.8 Å². The van der Waals surface area contributed by atoms with Crippen molar-refractivity contribution >= 4 is 5.91 Å². The zero-order valence-corrected chi connectivity index (χ0v) is 14.1. The largest absolute Gasteiger partial charge is 0.393 e. The molecular formula is C18H31NO2. The van der Waals surface area contributed by atoms with Crippen LogP contribution >= 0.6 is 0 Å². The number of nitrogens with zero attached hydrogens (tertiary/aromatic N) is 1. The van der Waals surface area contributed by atoms with E-state index in [9.17, 15) is 9.90 Å². The Balaban J connectivity index is 1.79. The number of amides is 1. The van der Waals surface area contributed by atoms with Crippen molar-refractivity contribution < 1.29 is 9.90 Å². The average molecular weight is 293 g/mol. The molecule has 120 valence electrons. The average Bonchev–Trinajstić information content (AvgIpc) is 2.30. The highest BCUT2D eigenvalue weighted by atomic mass is 16.3. The van der Waals surface area contributed by atoms with Crippen LogP contribution in [-0.2, 0) is 4.79 Å². The van der Waals surface area contributed by atoms with Crippen molar-refractivity contribution in [2.45, 2.75) is 71.8 Å². The van der Waals surface area contributed by atoms with Gasteiger partial charge in [0.15, 0.2) is 0 Å². The van der Waals surface area contributed by atoms with Crippen LogP contribution in [0.15, 0.2) is 0 Å². The Morgan fingerprint density at radius 2 is 1.76 bits per heavy atom. The van der Waals surface area contributed by atoms with Crippen LogP contribution in [-0.4, -0.2) is 35.6 Å². The van der Waals surface area contributed by atoms with Crippen LogP contribution in [0.3, 0.4) is 0 Å². The third-order valence-corrected chi connectivity index (χ3v) is 6.31. The van der Waals surface area contributed by atoms with E-state index in [4.69, 9.17) is 0 Å². The number of aliphatic hydroxyl groups excluding tert-OH is 1. The van der Waals surface area contributed by atoms with E-state index in [1.165, 1.54) is 19.3 Å². The third kappa shape index (κ3) is 2.62. The molecule has 0 aromatic carbocycles. The lowest BCUT2D eigenvalue weighted by atomic mass is 9.40. The highest BCUT2D eigenvalue weighted by molar-refractivity contribution is 5.83. The molecule has 0 aromatic heterocycles. The summed E-state index contributed by atoms with van der Waals surface area (Å²) in [6.07, 6.45) is 7.60. The first-order valence-electron chi connectivity index (χ1n) is 8.59. The zero-order chi connectivity index (χ0) is 15.5. The van der Waals surface area contributed by atoms with Crippen LogP contribution in [0.1, 0.15) is 65.7 Å². The van der Waals surface area contributed by atoms with Gasteiger partial charge >= 0.3 is 0 Å². The fourth-order valence-corrected chi connectivity index (χ4v) is 6.57. The van der Waals surface area contributed by atoms with Crippen LogP contribution in [0, 0.1) is 22.2 Å². The quantitative estimate of drug-likeness (QED) is 0.864. The zero-order valence-electron chi connectivity index (χ0n) is 14.1. The van der Waals surface area contributed by atoms with Gasteiger partial charge in [0.2, 0.25) is 5.91 Å². The van der Waals surface area contributed by atoms with Gasteiger partial charge in [0.05, 0.1) is 11.5 Å². The molecule has 3 heteroatoms. The molecule has 21 heavy (non-hydrogen) atoms. The van der Waals surface area contributed by atoms with E-state index in [0.29, 0.717) is 29.7 Å². The van der Waals surface area contributed by atoms with Gasteiger partial charge in [-0.05, 0) is 68.6 Å². The Bertz CT molecular complexity index is 426. The summed E-state index contributed by atoms with van der Waals surface area (Å²) in [6.45, 7) is 7.29. The summed E-state index contributed by atoms with van der Waals surface area (Å²) in [7, 11) is 1.92. The molecule has 4 bridgehead atoms. The molecule has 4 fully saturated rings. The Kier molecular flexibility index (Phi) is 3.44. The molecule has 4 rings (SSSR count). The second kappa shape index (κ2) is 4.71. The number of carbonyl (C=O) groups is 1. The smallest absolute Gasteiger partial charge is 0.228 e. The minimum Gasteiger partial charge on any atom is -0.393 e. The number of hydrogen-bond donors (Lipinski definition) is 1. The summed E-state index contributed by atoms with van der Waals surface area (Å²) in [6, 6.07) is 0. The molecule has 0 aromatic rings. The molecule has 0 aliphatic heterocycles. The summed E-state index contributed by atoms with van der Waals surface area (Å²) >= 11 is 0. The van der Waals surface area contributed by atoms with E-state index >= 15 is 0 Å². The highest BCUT2D eigenvalue weighted by Crippen LogP contribution is 2.69. The van der Waals surface area contributed by atoms with Crippen molar-refractivity contribution in [3.63, 3.8) is 0 Å². The molecular weight excluding hydrogens is 262 g/mol. The van der Waals surface area contributed by atoms with Gasteiger partial charge in [-0.15, -0.1) is 0 Å². The van der Waals surface area contributed by atoms with Crippen LogP contribution in [0.4, 0.5) is 0 Å². The molecule has 3 nitrogen and oxygen atoms in total. The Hall–Kier alpha value is -0.570. The van der Waals surface area contributed by atoms with Crippen LogP contribution < -0.4 is 0 Å². The number of rotatable bonds is 4. The highest BCUT2D eigenvalue weighted by Gasteiger charge is 2.63. The molecule has 3 atom stereocenters. The van der Waals surface area contributed by atoms with Crippen LogP contribution in [0.5, 0.6) is 0 Å². The van der Waals surface area contributed by atoms with Crippen molar-refractivity contribution in [1.29, 1.82) is 0 Å². The lowest BCUT2D eigenvalue weighted by Crippen LogP contribution is -2.60. The molecule has 3 unspecified atom stereocenters. The number of aliphatic hydroxyl groups is 1. The molecule has 0 radical (unpaired) electrons. The van der Waals surface area contributed by atoms with E-state index in [1.54, 1.807) is 6.92 Å². The molecule has 0 spiro atoms. The normalized spacial score (nSPS) is 45.7. The van der Waals surface area contributed by atoms with Gasteiger partial charge in [0, 0.05) is 13.6 Å². The number of hydrogen-bond acceptors (Lipinski definition) is 2. The Labute approximate surface area is 129 Å². The second-order valence-electron chi connectivity index (χ2n) is 9.27. The number of carbonyl (C=O) groups excluding carboxylic acids is 1. The summed E-state index contributed by atoms with van der Waals surface area (Å²) in [5, 5.41) is 9.46. The van der Waals surface area contributed by atoms with Gasteiger partial charge < -0.3 is 10.0 Å². The predicted octanol–water partition coefficient (Wildman–Crippen LogP) is 3.21. The SMILES string of the molecule is CC(O)CCN(C)C(=O)C12CC3CC(C)(CC(C)(C3)C1)C2. The first kappa shape index (κ1) is 15.3.